The van der Waals surface area contributed by atoms with E-state index in [9.17, 15) is 19.2 Å². The molecule has 214 valence electrons. The molecule has 0 aliphatic heterocycles. The molecule has 0 spiro atoms. The molecular weight excluding hydrogens is 530 g/mol. The van der Waals surface area contributed by atoms with Crippen molar-refractivity contribution in [1.82, 2.24) is 20.2 Å². The molecule has 0 radical (unpaired) electrons. The van der Waals surface area contributed by atoms with E-state index in [0.717, 1.165) is 5.39 Å². The molecule has 39 heavy (non-hydrogen) atoms. The predicted molar refractivity (Wildman–Crippen MR) is 146 cm³/mol. The summed E-state index contributed by atoms with van der Waals surface area (Å²) in [6, 6.07) is 5.70. The number of likely N-dealkylation sites (N-methyl/N-ethyl adjacent to an activating group) is 1. The van der Waals surface area contributed by atoms with E-state index in [4.69, 9.17) is 25.8 Å². The van der Waals surface area contributed by atoms with E-state index in [0.29, 0.717) is 22.8 Å². The normalized spacial score (nSPS) is 10.9. The van der Waals surface area contributed by atoms with Crippen molar-refractivity contribution < 1.29 is 33.4 Å². The minimum absolute atomic E-state index is 0.0876. The molecule has 0 bridgehead atoms. The van der Waals surface area contributed by atoms with Gasteiger partial charge in [0, 0.05) is 36.2 Å². The molecule has 2 N–H and O–H groups in total. The number of halogens is 1. The Labute approximate surface area is 232 Å². The van der Waals surface area contributed by atoms with Gasteiger partial charge in [-0.05, 0) is 52.0 Å². The van der Waals surface area contributed by atoms with E-state index in [1.54, 1.807) is 50.1 Å². The van der Waals surface area contributed by atoms with Gasteiger partial charge in [0.05, 0.1) is 44.1 Å². The highest BCUT2D eigenvalue weighted by Gasteiger charge is 2.29. The SMILES string of the molecule is CCOC(=O)CN(CCNC(C(=O)OCC)C(=O)OCC)CC(=O)N(CC)Nc1ccnc2cc(Cl)ccc12. The summed E-state index contributed by atoms with van der Waals surface area (Å²) in [5, 5.41) is 5.56. The van der Waals surface area contributed by atoms with Gasteiger partial charge in [0.15, 0.2) is 0 Å². The van der Waals surface area contributed by atoms with Gasteiger partial charge in [0.25, 0.3) is 5.91 Å². The number of hydrogen-bond donors (Lipinski definition) is 2. The van der Waals surface area contributed by atoms with Gasteiger partial charge >= 0.3 is 17.9 Å². The third-order valence-electron chi connectivity index (χ3n) is 5.42. The molecule has 0 aliphatic carbocycles. The highest BCUT2D eigenvalue weighted by molar-refractivity contribution is 6.31. The minimum atomic E-state index is -1.33. The molecule has 2 aromatic rings. The number of ether oxygens (including phenoxy) is 3. The lowest BCUT2D eigenvalue weighted by Gasteiger charge is -2.28. The molecule has 1 aromatic carbocycles. The van der Waals surface area contributed by atoms with E-state index >= 15 is 0 Å². The number of aromatic nitrogens is 1. The predicted octanol–water partition coefficient (Wildman–Crippen LogP) is 2.01. The fourth-order valence-corrected chi connectivity index (χ4v) is 3.81. The smallest absolute Gasteiger partial charge is 0.334 e. The van der Waals surface area contributed by atoms with Crippen molar-refractivity contribution in [1.29, 1.82) is 0 Å². The Bertz CT molecular complexity index is 1120. The van der Waals surface area contributed by atoms with Gasteiger partial charge in [0.1, 0.15) is 0 Å². The number of amides is 1. The number of rotatable bonds is 16. The van der Waals surface area contributed by atoms with Crippen molar-refractivity contribution in [2.75, 3.05) is 58.0 Å². The molecule has 0 fully saturated rings. The number of fused-ring (bicyclic) bond motifs is 1. The first-order chi connectivity index (χ1) is 18.7. The van der Waals surface area contributed by atoms with Crippen LogP contribution in [0.3, 0.4) is 0 Å². The van der Waals surface area contributed by atoms with E-state index in [-0.39, 0.29) is 51.9 Å². The summed E-state index contributed by atoms with van der Waals surface area (Å²) in [7, 11) is 0. The Morgan fingerprint density at radius 1 is 0.949 bits per heavy atom. The summed E-state index contributed by atoms with van der Waals surface area (Å²) < 4.78 is 15.0. The van der Waals surface area contributed by atoms with Gasteiger partial charge < -0.3 is 14.2 Å². The Morgan fingerprint density at radius 2 is 1.62 bits per heavy atom. The largest absolute Gasteiger partial charge is 0.465 e. The van der Waals surface area contributed by atoms with Crippen LogP contribution in [-0.4, -0.2) is 97.3 Å². The number of nitrogens with one attached hydrogen (secondary N) is 2. The summed E-state index contributed by atoms with van der Waals surface area (Å²) in [5.41, 5.74) is 4.46. The molecule has 0 saturated carbocycles. The second kappa shape index (κ2) is 16.5. The van der Waals surface area contributed by atoms with Crippen LogP contribution in [0.4, 0.5) is 5.69 Å². The standard InChI is InChI=1S/C26H36ClN5O7/c1-5-32(30-20-11-12-28-21-15-18(27)9-10-19(20)21)22(33)16-31(17-23(34)37-6-2)14-13-29-24(25(35)38-7-3)26(36)39-8-4/h9-12,15,24,29H,5-8,13-14,16-17H2,1-4H3,(H,28,30). The van der Waals surface area contributed by atoms with E-state index in [1.165, 1.54) is 5.01 Å². The van der Waals surface area contributed by atoms with Crippen LogP contribution >= 0.6 is 11.6 Å². The highest BCUT2D eigenvalue weighted by Crippen LogP contribution is 2.24. The Kier molecular flexibility index (Phi) is 13.4. The van der Waals surface area contributed by atoms with Crippen molar-refractivity contribution >= 4 is 52.0 Å². The second-order valence-corrected chi connectivity index (χ2v) is 8.61. The van der Waals surface area contributed by atoms with Gasteiger partial charge in [-0.15, -0.1) is 0 Å². The quantitative estimate of drug-likeness (QED) is 0.134. The number of hydrazine groups is 1. The fraction of sp³-hybridized carbons (Fsp3) is 0.500. The highest BCUT2D eigenvalue weighted by atomic mass is 35.5. The number of anilines is 1. The lowest BCUT2D eigenvalue weighted by Crippen LogP contribution is -2.50. The van der Waals surface area contributed by atoms with E-state index in [2.05, 4.69) is 15.7 Å². The average molecular weight is 566 g/mol. The van der Waals surface area contributed by atoms with Crippen LogP contribution in [0, 0.1) is 0 Å². The van der Waals surface area contributed by atoms with Crippen LogP contribution in [0.2, 0.25) is 5.02 Å². The van der Waals surface area contributed by atoms with Crippen LogP contribution in [0.15, 0.2) is 30.5 Å². The molecule has 1 aromatic heterocycles. The lowest BCUT2D eigenvalue weighted by atomic mass is 10.2. The summed E-state index contributed by atoms with van der Waals surface area (Å²) in [6.45, 7) is 7.40. The number of hydrogen-bond acceptors (Lipinski definition) is 11. The van der Waals surface area contributed by atoms with Crippen LogP contribution in [0.5, 0.6) is 0 Å². The Morgan fingerprint density at radius 3 is 2.23 bits per heavy atom. The Hall–Kier alpha value is -3.48. The number of carbonyl (C=O) groups is 4. The number of carbonyl (C=O) groups excluding carboxylic acids is 4. The maximum Gasteiger partial charge on any atom is 0.334 e. The molecule has 1 amide bonds. The maximum absolute atomic E-state index is 13.3. The first kappa shape index (κ1) is 31.7. The van der Waals surface area contributed by atoms with E-state index in [1.807, 2.05) is 13.0 Å². The molecular formula is C26H36ClN5O7. The van der Waals surface area contributed by atoms with Crippen molar-refractivity contribution in [2.45, 2.75) is 33.7 Å². The topological polar surface area (TPSA) is 139 Å². The average Bonchev–Trinajstić information content (AvgIpc) is 2.89. The molecule has 0 saturated heterocycles. The number of esters is 3. The third-order valence-corrected chi connectivity index (χ3v) is 5.65. The summed E-state index contributed by atoms with van der Waals surface area (Å²) >= 11 is 6.08. The first-order valence-electron chi connectivity index (χ1n) is 12.8. The zero-order chi connectivity index (χ0) is 28.8. The van der Waals surface area contributed by atoms with Crippen molar-refractivity contribution in [3.8, 4) is 0 Å². The molecule has 0 aliphatic rings. The lowest BCUT2D eigenvalue weighted by molar-refractivity contribution is -0.158. The summed E-state index contributed by atoms with van der Waals surface area (Å²) in [4.78, 5) is 55.8. The van der Waals surface area contributed by atoms with Gasteiger partial charge in [0.2, 0.25) is 6.04 Å². The minimum Gasteiger partial charge on any atom is -0.465 e. The first-order valence-corrected chi connectivity index (χ1v) is 13.2. The van der Waals surface area contributed by atoms with Crippen molar-refractivity contribution in [3.05, 3.63) is 35.5 Å². The number of nitrogens with zero attached hydrogens (tertiary/aromatic N) is 3. The molecule has 0 unspecified atom stereocenters. The van der Waals surface area contributed by atoms with Crippen LogP contribution in [0.25, 0.3) is 10.9 Å². The van der Waals surface area contributed by atoms with Gasteiger partial charge in [-0.3, -0.25) is 35.2 Å². The zero-order valence-corrected chi connectivity index (χ0v) is 23.5. The number of pyridine rings is 1. The van der Waals surface area contributed by atoms with Crippen molar-refractivity contribution in [2.24, 2.45) is 0 Å². The van der Waals surface area contributed by atoms with Gasteiger partial charge in [-0.2, -0.15) is 0 Å². The van der Waals surface area contributed by atoms with Crippen LogP contribution < -0.4 is 10.7 Å². The molecule has 12 nitrogen and oxygen atoms in total. The van der Waals surface area contributed by atoms with Crippen molar-refractivity contribution in [3.63, 3.8) is 0 Å². The fourth-order valence-electron chi connectivity index (χ4n) is 3.64. The third kappa shape index (κ3) is 9.97. The Balaban J connectivity index is 2.12. The molecule has 13 heteroatoms. The second-order valence-electron chi connectivity index (χ2n) is 8.18. The maximum atomic E-state index is 13.3. The van der Waals surface area contributed by atoms with Crippen LogP contribution in [0.1, 0.15) is 27.7 Å². The molecule has 0 atom stereocenters. The van der Waals surface area contributed by atoms with E-state index < -0.39 is 23.9 Å². The monoisotopic (exact) mass is 565 g/mol. The number of benzene rings is 1. The zero-order valence-electron chi connectivity index (χ0n) is 22.7. The molecule has 1 heterocycles. The molecule has 2 rings (SSSR count). The van der Waals surface area contributed by atoms with Gasteiger partial charge in [-0.1, -0.05) is 11.6 Å². The van der Waals surface area contributed by atoms with Gasteiger partial charge in [-0.25, -0.2) is 9.59 Å². The summed E-state index contributed by atoms with van der Waals surface area (Å²) in [5.74, 6) is -2.36. The summed E-state index contributed by atoms with van der Waals surface area (Å²) in [6.07, 6.45) is 1.61. The van der Waals surface area contributed by atoms with Crippen LogP contribution in [-0.2, 0) is 33.4 Å².